The zero-order valence-corrected chi connectivity index (χ0v) is 25.4. The second-order valence-corrected chi connectivity index (χ2v) is 10.2. The lowest BCUT2D eigenvalue weighted by atomic mass is 10.0. The summed E-state index contributed by atoms with van der Waals surface area (Å²) in [5.74, 6) is -0.272. The predicted molar refractivity (Wildman–Crippen MR) is 162 cm³/mol. The highest BCUT2D eigenvalue weighted by molar-refractivity contribution is 5.86. The van der Waals surface area contributed by atoms with Crippen molar-refractivity contribution in [2.45, 2.75) is 51.3 Å². The van der Waals surface area contributed by atoms with Crippen molar-refractivity contribution in [2.24, 2.45) is 5.73 Å². The first-order valence-electron chi connectivity index (χ1n) is 11.9. The van der Waals surface area contributed by atoms with Crippen LogP contribution in [0.5, 0.6) is 0 Å². The number of hydrogen-bond acceptors (Lipinski definition) is 7. The highest BCUT2D eigenvalue weighted by Gasteiger charge is 2.25. The van der Waals surface area contributed by atoms with Crippen LogP contribution in [0, 0.1) is 0 Å². The molecule has 2 aromatic rings. The topological polar surface area (TPSA) is 157 Å². The second kappa shape index (κ2) is 17.4. The van der Waals surface area contributed by atoms with E-state index in [0.29, 0.717) is 24.2 Å². The molecule has 0 aliphatic rings. The van der Waals surface area contributed by atoms with Gasteiger partial charge in [0, 0.05) is 46.0 Å². The van der Waals surface area contributed by atoms with E-state index in [1.807, 2.05) is 36.4 Å². The van der Waals surface area contributed by atoms with E-state index in [0.717, 1.165) is 11.1 Å². The third-order valence-electron chi connectivity index (χ3n) is 4.99. The monoisotopic (exact) mass is 586 g/mol. The summed E-state index contributed by atoms with van der Waals surface area (Å²) in [6, 6.07) is 13.5. The van der Waals surface area contributed by atoms with E-state index in [2.05, 4.69) is 5.32 Å². The number of amides is 3. The molecule has 0 aromatic heterocycles. The van der Waals surface area contributed by atoms with Crippen molar-refractivity contribution in [1.29, 1.82) is 0 Å². The van der Waals surface area contributed by atoms with Crippen molar-refractivity contribution >= 4 is 54.1 Å². The number of nitrogens with one attached hydrogen (secondary N) is 1. The third kappa shape index (κ3) is 15.1. The summed E-state index contributed by atoms with van der Waals surface area (Å²) in [4.78, 5) is 38.6. The van der Waals surface area contributed by atoms with Crippen LogP contribution < -0.4 is 22.5 Å². The molecule has 3 amide bonds. The number of anilines is 2. The molecule has 0 radical (unpaired) electrons. The molecule has 2 aromatic carbocycles. The van der Waals surface area contributed by atoms with Gasteiger partial charge in [-0.2, -0.15) is 0 Å². The van der Waals surface area contributed by atoms with Crippen LogP contribution in [0.4, 0.5) is 16.2 Å². The average molecular weight is 588 g/mol. The number of ether oxygens (including phenoxy) is 1. The molecule has 0 saturated carbocycles. The number of likely N-dealkylation sites (N-methyl/N-ethyl adjacent to an activating group) is 2. The number of rotatable bonds is 7. The van der Waals surface area contributed by atoms with Crippen molar-refractivity contribution in [3.8, 4) is 0 Å². The molecule has 2 rings (SSSR count). The first-order chi connectivity index (χ1) is 17.1. The standard InChI is InChI=1S/C16H25N3O3.C11H17N3O.2ClH/c1-16(2,3)22-15(21)18-13(14(20)19(4)5)10-11-7-6-8-12(17)9-11;1-14(2)11(15)10(13)7-8-4-3-5-9(12)6-8;;/h6-9,13H,10,17H2,1-5H3,(H,18,21);3-6,10H,7,12-13H2,1-2H3;2*1H/t13-;10-;;/m00../s1. The van der Waals surface area contributed by atoms with E-state index >= 15 is 0 Å². The van der Waals surface area contributed by atoms with Gasteiger partial charge >= 0.3 is 6.09 Å². The van der Waals surface area contributed by atoms with Crippen LogP contribution in [-0.2, 0) is 27.2 Å². The van der Waals surface area contributed by atoms with Crippen molar-refractivity contribution in [1.82, 2.24) is 15.1 Å². The molecule has 12 heteroatoms. The van der Waals surface area contributed by atoms with Gasteiger partial charge in [-0.25, -0.2) is 4.79 Å². The summed E-state index contributed by atoms with van der Waals surface area (Å²) in [6.07, 6.45) is 0.250. The van der Waals surface area contributed by atoms with Gasteiger partial charge in [0.2, 0.25) is 11.8 Å². The molecule has 0 saturated heterocycles. The van der Waals surface area contributed by atoms with E-state index < -0.39 is 23.8 Å². The third-order valence-corrected chi connectivity index (χ3v) is 4.99. The Kier molecular flexibility index (Phi) is 16.9. The quantitative estimate of drug-likeness (QED) is 0.363. The van der Waals surface area contributed by atoms with Gasteiger partial charge in [0.15, 0.2) is 0 Å². The molecule has 0 fully saturated rings. The molecule has 0 aliphatic heterocycles. The minimum absolute atomic E-state index is 0. The van der Waals surface area contributed by atoms with Gasteiger partial charge in [0.25, 0.3) is 0 Å². The van der Waals surface area contributed by atoms with Crippen LogP contribution in [0.1, 0.15) is 31.9 Å². The molecule has 0 unspecified atom stereocenters. The van der Waals surface area contributed by atoms with Gasteiger partial charge in [-0.05, 0) is 62.6 Å². The molecule has 0 heterocycles. The Morgan fingerprint density at radius 1 is 0.821 bits per heavy atom. The van der Waals surface area contributed by atoms with E-state index in [1.54, 1.807) is 61.1 Å². The number of nitrogen functional groups attached to an aromatic ring is 2. The van der Waals surface area contributed by atoms with E-state index in [-0.39, 0.29) is 36.6 Å². The Morgan fingerprint density at radius 2 is 1.26 bits per heavy atom. The number of hydrogen-bond donors (Lipinski definition) is 4. The number of nitrogens with two attached hydrogens (primary N) is 3. The number of carbonyl (C=O) groups is 3. The number of halogens is 2. The first-order valence-corrected chi connectivity index (χ1v) is 11.9. The SMILES string of the molecule is CN(C)C(=O)[C@@H](N)Cc1cccc(N)c1.CN(C)C(=O)[C@H](Cc1cccc(N)c1)NC(=O)OC(C)(C)C.Cl.Cl. The van der Waals surface area contributed by atoms with Crippen LogP contribution in [0.25, 0.3) is 0 Å². The minimum atomic E-state index is -0.702. The summed E-state index contributed by atoms with van der Waals surface area (Å²) in [6.45, 7) is 5.31. The maximum absolute atomic E-state index is 12.3. The van der Waals surface area contributed by atoms with Gasteiger partial charge in [0.1, 0.15) is 11.6 Å². The Bertz CT molecular complexity index is 1060. The zero-order chi connectivity index (χ0) is 28.3. The molecule has 7 N–H and O–H groups in total. The van der Waals surface area contributed by atoms with Crippen LogP contribution in [0.15, 0.2) is 48.5 Å². The van der Waals surface area contributed by atoms with Crippen molar-refractivity contribution < 1.29 is 19.1 Å². The summed E-state index contributed by atoms with van der Waals surface area (Å²) >= 11 is 0. The fourth-order valence-corrected chi connectivity index (χ4v) is 3.31. The average Bonchev–Trinajstić information content (AvgIpc) is 2.76. The van der Waals surface area contributed by atoms with Crippen LogP contribution >= 0.6 is 24.8 Å². The minimum Gasteiger partial charge on any atom is -0.444 e. The lowest BCUT2D eigenvalue weighted by Gasteiger charge is -2.25. The molecule has 0 aliphatic carbocycles. The molecule has 0 spiro atoms. The summed E-state index contributed by atoms with van der Waals surface area (Å²) in [7, 11) is 6.68. The zero-order valence-electron chi connectivity index (χ0n) is 23.8. The van der Waals surface area contributed by atoms with Crippen molar-refractivity contribution in [3.63, 3.8) is 0 Å². The second-order valence-electron chi connectivity index (χ2n) is 10.2. The Balaban J connectivity index is 0. The highest BCUT2D eigenvalue weighted by Crippen LogP contribution is 2.12. The Morgan fingerprint density at radius 3 is 1.64 bits per heavy atom. The molecular weight excluding hydrogens is 543 g/mol. The van der Waals surface area contributed by atoms with E-state index in [9.17, 15) is 14.4 Å². The summed E-state index contributed by atoms with van der Waals surface area (Å²) in [5, 5.41) is 2.63. The van der Waals surface area contributed by atoms with Gasteiger partial charge in [-0.1, -0.05) is 24.3 Å². The molecule has 2 atom stereocenters. The maximum Gasteiger partial charge on any atom is 0.408 e. The summed E-state index contributed by atoms with van der Waals surface area (Å²) in [5.41, 5.74) is 19.7. The van der Waals surface area contributed by atoms with E-state index in [1.165, 1.54) is 9.80 Å². The Hall–Kier alpha value is -3.21. The lowest BCUT2D eigenvalue weighted by Crippen LogP contribution is -2.48. The van der Waals surface area contributed by atoms with Gasteiger partial charge in [-0.15, -0.1) is 24.8 Å². The smallest absolute Gasteiger partial charge is 0.408 e. The first kappa shape index (κ1) is 37.9. The number of carbonyl (C=O) groups excluding carboxylic acids is 3. The van der Waals surface area contributed by atoms with Gasteiger partial charge in [0.05, 0.1) is 6.04 Å². The molecule has 10 nitrogen and oxygen atoms in total. The van der Waals surface area contributed by atoms with Crippen molar-refractivity contribution in [3.05, 3.63) is 59.7 Å². The number of nitrogens with zero attached hydrogens (tertiary/aromatic N) is 2. The molecule has 220 valence electrons. The lowest BCUT2D eigenvalue weighted by molar-refractivity contribution is -0.131. The van der Waals surface area contributed by atoms with E-state index in [4.69, 9.17) is 21.9 Å². The van der Waals surface area contributed by atoms with Crippen LogP contribution in [-0.4, -0.2) is 73.6 Å². The fraction of sp³-hybridized carbons (Fsp3) is 0.444. The van der Waals surface area contributed by atoms with Gasteiger partial charge < -0.3 is 37.1 Å². The molecule has 39 heavy (non-hydrogen) atoms. The molecule has 0 bridgehead atoms. The van der Waals surface area contributed by atoms with Crippen LogP contribution in [0.2, 0.25) is 0 Å². The van der Waals surface area contributed by atoms with Crippen molar-refractivity contribution in [2.75, 3.05) is 39.7 Å². The Labute approximate surface area is 244 Å². The van der Waals surface area contributed by atoms with Gasteiger partial charge in [-0.3, -0.25) is 9.59 Å². The highest BCUT2D eigenvalue weighted by atomic mass is 35.5. The normalized spacial score (nSPS) is 11.7. The number of benzene rings is 2. The number of alkyl carbamates (subject to hydrolysis) is 1. The largest absolute Gasteiger partial charge is 0.444 e. The fourth-order valence-electron chi connectivity index (χ4n) is 3.31. The van der Waals surface area contributed by atoms with Crippen LogP contribution in [0.3, 0.4) is 0 Å². The molecular formula is C27H44Cl2N6O4. The predicted octanol–water partition coefficient (Wildman–Crippen LogP) is 2.86. The summed E-state index contributed by atoms with van der Waals surface area (Å²) < 4.78 is 5.21. The maximum atomic E-state index is 12.3.